The van der Waals surface area contributed by atoms with Gasteiger partial charge in [-0.2, -0.15) is 0 Å². The molecule has 0 heterocycles. The fourth-order valence-corrected chi connectivity index (χ4v) is 0. The predicted molar refractivity (Wildman–Crippen MR) is 30.8 cm³/mol. The molecule has 0 spiro atoms. The molecule has 0 saturated carbocycles. The summed E-state index contributed by atoms with van der Waals surface area (Å²) in [6, 6.07) is 0. The van der Waals surface area contributed by atoms with Crippen LogP contribution < -0.4 is 0 Å². The van der Waals surface area contributed by atoms with Gasteiger partial charge in [-0.25, -0.2) is 0 Å². The van der Waals surface area contributed by atoms with Gasteiger partial charge in [0.1, 0.15) is 0 Å². The van der Waals surface area contributed by atoms with E-state index < -0.39 is 0 Å². The molecule has 0 aromatic carbocycles. The SMILES string of the molecule is C[SH](#P)S. The summed E-state index contributed by atoms with van der Waals surface area (Å²) in [5.41, 5.74) is 0. The molecule has 0 amide bonds. The molecule has 0 aliphatic rings. The monoisotopic (exact) mass is 112 g/mol. The van der Waals surface area contributed by atoms with Crippen molar-refractivity contribution < 1.29 is 0 Å². The van der Waals surface area contributed by atoms with Crippen molar-refractivity contribution in [2.75, 3.05) is 6.26 Å². The van der Waals surface area contributed by atoms with E-state index in [1.807, 2.05) is 6.26 Å². The fourth-order valence-electron chi connectivity index (χ4n) is 0. The molecule has 0 fully saturated rings. The van der Waals surface area contributed by atoms with Crippen molar-refractivity contribution in [2.24, 2.45) is 0 Å². The topological polar surface area (TPSA) is 0 Å². The first-order valence-electron chi connectivity index (χ1n) is 0.847. The maximum atomic E-state index is 3.90. The van der Waals surface area contributed by atoms with E-state index in [1.165, 1.54) is 0 Å². The molecule has 1 unspecified atom stereocenters. The molecule has 0 aromatic rings. The fraction of sp³-hybridized carbons (Fsp3) is 1.00. The van der Waals surface area contributed by atoms with Crippen LogP contribution in [0.1, 0.15) is 0 Å². The van der Waals surface area contributed by atoms with E-state index in [4.69, 9.17) is 0 Å². The number of rotatable bonds is 0. The third kappa shape index (κ3) is 11.1. The van der Waals surface area contributed by atoms with Gasteiger partial charge in [0, 0.05) is 0 Å². The molecule has 1 atom stereocenters. The molecule has 0 aliphatic heterocycles. The molecule has 0 radical (unpaired) electrons. The molecule has 0 N–H and O–H groups in total. The molecule has 4 heavy (non-hydrogen) atoms. The Morgan fingerprint density at radius 1 is 2.00 bits per heavy atom. The van der Waals surface area contributed by atoms with E-state index in [0.29, 0.717) is 0 Å². The van der Waals surface area contributed by atoms with Crippen molar-refractivity contribution in [1.29, 1.82) is 0 Å². The van der Waals surface area contributed by atoms with Crippen LogP contribution in [0.4, 0.5) is 0 Å². The van der Waals surface area contributed by atoms with Crippen LogP contribution in [-0.4, -0.2) is 6.26 Å². The normalized spacial score (nSPS) is 15.2. The average Bonchev–Trinajstić information content (AvgIpc) is 0.811. The van der Waals surface area contributed by atoms with Crippen LogP contribution in [-0.2, 0) is 0 Å². The van der Waals surface area contributed by atoms with E-state index in [-0.39, 0.29) is 8.90 Å². The summed E-state index contributed by atoms with van der Waals surface area (Å²) in [7, 11) is 3.66. The first kappa shape index (κ1) is 5.13. The van der Waals surface area contributed by atoms with E-state index in [9.17, 15) is 0 Å². The summed E-state index contributed by atoms with van der Waals surface area (Å²) in [6.07, 6.45) is 1.96. The van der Waals surface area contributed by atoms with Gasteiger partial charge in [0.2, 0.25) is 0 Å². The Balaban J connectivity index is 3.02. The molecule has 0 rings (SSSR count). The average molecular weight is 112 g/mol. The van der Waals surface area contributed by atoms with Crippen molar-refractivity contribution >= 4 is 28.4 Å². The van der Waals surface area contributed by atoms with Crippen LogP contribution >= 0.6 is 28.4 Å². The van der Waals surface area contributed by atoms with Gasteiger partial charge in [-0.1, -0.05) is 0 Å². The molecule has 0 saturated heterocycles. The van der Waals surface area contributed by atoms with E-state index >= 15 is 0 Å². The van der Waals surface area contributed by atoms with Gasteiger partial charge in [0.25, 0.3) is 0 Å². The Hall–Kier alpha value is 1.13. The van der Waals surface area contributed by atoms with Crippen LogP contribution in [0.5, 0.6) is 0 Å². The third-order valence-corrected chi connectivity index (χ3v) is 0. The number of hydrogen-bond acceptors (Lipinski definition) is 1. The van der Waals surface area contributed by atoms with Crippen LogP contribution in [0, 0.1) is 0 Å². The van der Waals surface area contributed by atoms with Gasteiger partial charge in [-0.05, 0) is 0 Å². The third-order valence-electron chi connectivity index (χ3n) is 0. The summed E-state index contributed by atoms with van der Waals surface area (Å²) < 4.78 is 0. The molecule has 0 aromatic heterocycles. The summed E-state index contributed by atoms with van der Waals surface area (Å²) in [4.78, 5) is 0. The molecule has 3 heteroatoms. The minimum atomic E-state index is -0.231. The van der Waals surface area contributed by atoms with Gasteiger partial charge < -0.3 is 0 Å². The second-order valence-corrected chi connectivity index (χ2v) is 6.01. The van der Waals surface area contributed by atoms with Crippen LogP contribution in [0.15, 0.2) is 0 Å². The predicted octanol–water partition coefficient (Wildman–Crippen LogP) is 1.79. The summed E-state index contributed by atoms with van der Waals surface area (Å²) in [5.74, 6) is 0. The number of hydrogen-bond donors (Lipinski definition) is 2. The first-order valence-corrected chi connectivity index (χ1v) is 4.94. The maximum absolute atomic E-state index is 3.90. The molecular formula is CH5PS2. The van der Waals surface area contributed by atoms with Crippen molar-refractivity contribution in [2.45, 2.75) is 0 Å². The Morgan fingerprint density at radius 2 is 2.00 bits per heavy atom. The second kappa shape index (κ2) is 2.37. The van der Waals surface area contributed by atoms with Gasteiger partial charge in [-0.15, -0.1) is 0 Å². The second-order valence-electron chi connectivity index (χ2n) is 0.489. The Bertz CT molecular complexity index is 52.2. The molecule has 0 bridgehead atoms. The summed E-state index contributed by atoms with van der Waals surface area (Å²) >= 11 is 3.90. The Morgan fingerprint density at radius 3 is 2.00 bits per heavy atom. The zero-order valence-electron chi connectivity index (χ0n) is 2.34. The molecule has 26 valence electrons. The van der Waals surface area contributed by atoms with Crippen LogP contribution in [0.3, 0.4) is 0 Å². The molecule has 0 aliphatic carbocycles. The molecule has 0 nitrogen and oxygen atoms in total. The van der Waals surface area contributed by atoms with E-state index in [1.54, 1.807) is 0 Å². The number of thiol groups is 2. The van der Waals surface area contributed by atoms with Gasteiger partial charge in [-0.3, -0.25) is 0 Å². The van der Waals surface area contributed by atoms with Crippen LogP contribution in [0.2, 0.25) is 0 Å². The quantitative estimate of drug-likeness (QED) is 0.266. The first-order chi connectivity index (χ1) is 1.73. The summed E-state index contributed by atoms with van der Waals surface area (Å²) in [6.45, 7) is 0. The van der Waals surface area contributed by atoms with Gasteiger partial charge >= 0.3 is 34.6 Å². The standard InChI is InChI=1S/CH5PS2/c1-4(2)3/h3-4H,1H3. The van der Waals surface area contributed by atoms with Crippen molar-refractivity contribution in [1.82, 2.24) is 0 Å². The van der Waals surface area contributed by atoms with Gasteiger partial charge in [0.15, 0.2) is 0 Å². The minimum absolute atomic E-state index is 0.231. The van der Waals surface area contributed by atoms with Crippen molar-refractivity contribution in [3.05, 3.63) is 0 Å². The molecular weight excluding hydrogens is 107 g/mol. The zero-order chi connectivity index (χ0) is 3.58. The van der Waals surface area contributed by atoms with Gasteiger partial charge in [0.05, 0.1) is 0 Å². The zero-order valence-corrected chi connectivity index (χ0v) is 5.02. The Kier molecular flexibility index (Phi) is 3.04. The van der Waals surface area contributed by atoms with E-state index in [2.05, 4.69) is 19.5 Å². The van der Waals surface area contributed by atoms with E-state index in [0.717, 1.165) is 0 Å². The van der Waals surface area contributed by atoms with Crippen molar-refractivity contribution in [3.63, 3.8) is 0 Å². The Labute approximate surface area is 35.2 Å². The summed E-state index contributed by atoms with van der Waals surface area (Å²) in [5, 5.41) is 0. The van der Waals surface area contributed by atoms with Crippen LogP contribution in [0.25, 0.3) is 0 Å². The van der Waals surface area contributed by atoms with Crippen molar-refractivity contribution in [3.8, 4) is 0 Å².